The second-order valence-electron chi connectivity index (χ2n) is 11.1. The van der Waals surface area contributed by atoms with E-state index in [9.17, 15) is 4.79 Å². The van der Waals surface area contributed by atoms with E-state index in [1.165, 1.54) is 4.68 Å². The Morgan fingerprint density at radius 1 is 1.14 bits per heavy atom. The average molecular weight is 608 g/mol. The van der Waals surface area contributed by atoms with Gasteiger partial charge in [-0.15, -0.1) is 0 Å². The van der Waals surface area contributed by atoms with Crippen molar-refractivity contribution in [1.82, 2.24) is 34.6 Å². The van der Waals surface area contributed by atoms with E-state index in [0.29, 0.717) is 45.5 Å². The highest BCUT2D eigenvalue weighted by Crippen LogP contribution is 2.36. The van der Waals surface area contributed by atoms with E-state index in [1.54, 1.807) is 30.7 Å². The van der Waals surface area contributed by atoms with Crippen LogP contribution in [0.4, 0.5) is 0 Å². The third kappa shape index (κ3) is 6.46. The third-order valence-electron chi connectivity index (χ3n) is 7.10. The third-order valence-corrected chi connectivity index (χ3v) is 10.1. The summed E-state index contributed by atoms with van der Waals surface area (Å²) in [6.45, 7) is 11.5. The molecular weight excluding hydrogens is 574 g/mol. The van der Waals surface area contributed by atoms with Crippen molar-refractivity contribution in [3.63, 3.8) is 0 Å². The maximum atomic E-state index is 11.9. The molecule has 42 heavy (non-hydrogen) atoms. The number of aryl methyl sites for hydroxylation is 1. The molecule has 11 nitrogen and oxygen atoms in total. The standard InChI is InChI=1S/C29H34ClN7O4Si/c1-18-34-23-12-21(6-8-25(23)37(18)17-40-19(2)42(3,4)5)41-26-9-7-22-29(28(26)30)35-24(14-32-22)20-13-33-36(15-20)16-27(39)31-10-11-38/h6-9,12-15,19,38H,10-11,16-17H2,1-5H3,(H,31,39). The Kier molecular flexibility index (Phi) is 8.59. The van der Waals surface area contributed by atoms with Gasteiger partial charge in [-0.25, -0.2) is 9.97 Å². The molecule has 5 rings (SSSR count). The van der Waals surface area contributed by atoms with Crippen LogP contribution in [-0.2, 0) is 22.8 Å². The first-order chi connectivity index (χ1) is 20.0. The number of carbonyl (C=O) groups excluding carboxylic acids is 1. The Balaban J connectivity index is 1.36. The van der Waals surface area contributed by atoms with Gasteiger partial charge in [0.25, 0.3) is 0 Å². The molecule has 0 saturated heterocycles. The predicted molar refractivity (Wildman–Crippen MR) is 164 cm³/mol. The van der Waals surface area contributed by atoms with E-state index >= 15 is 0 Å². The molecule has 1 unspecified atom stereocenters. The van der Waals surface area contributed by atoms with Crippen LogP contribution in [0.3, 0.4) is 0 Å². The van der Waals surface area contributed by atoms with Gasteiger partial charge in [-0.05, 0) is 38.1 Å². The first-order valence-electron chi connectivity index (χ1n) is 13.7. The number of rotatable bonds is 11. The van der Waals surface area contributed by atoms with Crippen molar-refractivity contribution in [3.05, 3.63) is 59.8 Å². The van der Waals surface area contributed by atoms with E-state index in [0.717, 1.165) is 16.9 Å². The summed E-state index contributed by atoms with van der Waals surface area (Å²) in [4.78, 5) is 25.9. The van der Waals surface area contributed by atoms with E-state index in [1.807, 2.05) is 25.1 Å². The van der Waals surface area contributed by atoms with E-state index in [-0.39, 0.29) is 31.3 Å². The number of carbonyl (C=O) groups is 1. The number of hydrogen-bond acceptors (Lipinski definition) is 8. The highest BCUT2D eigenvalue weighted by atomic mass is 35.5. The average Bonchev–Trinajstić information content (AvgIpc) is 3.54. The molecular formula is C29H34ClN7O4Si. The van der Waals surface area contributed by atoms with Gasteiger partial charge in [-0.3, -0.25) is 14.5 Å². The molecule has 220 valence electrons. The molecule has 3 aromatic heterocycles. The van der Waals surface area contributed by atoms with Gasteiger partial charge in [0.1, 0.15) is 41.1 Å². The van der Waals surface area contributed by atoms with E-state index in [4.69, 9.17) is 36.1 Å². The Morgan fingerprint density at radius 3 is 2.71 bits per heavy atom. The number of benzene rings is 2. The Morgan fingerprint density at radius 2 is 1.95 bits per heavy atom. The summed E-state index contributed by atoms with van der Waals surface area (Å²) in [5.74, 6) is 1.65. The second-order valence-corrected chi connectivity index (χ2v) is 17.1. The van der Waals surface area contributed by atoms with Gasteiger partial charge < -0.3 is 24.5 Å². The summed E-state index contributed by atoms with van der Waals surface area (Å²) < 4.78 is 15.9. The SMILES string of the molecule is Cc1nc2cc(Oc3ccc4ncc(-c5cnn(CC(=O)NCCO)c5)nc4c3Cl)ccc2n1COC(C)[Si](C)(C)C. The zero-order valence-corrected chi connectivity index (χ0v) is 26.0. The number of imidazole rings is 1. The fourth-order valence-corrected chi connectivity index (χ4v) is 5.06. The number of ether oxygens (including phenoxy) is 2. The largest absolute Gasteiger partial charge is 0.456 e. The van der Waals surface area contributed by atoms with Crippen LogP contribution in [0.2, 0.25) is 24.7 Å². The van der Waals surface area contributed by atoms with Crippen molar-refractivity contribution in [3.8, 4) is 22.8 Å². The molecule has 0 bridgehead atoms. The number of fused-ring (bicyclic) bond motifs is 2. The van der Waals surface area contributed by atoms with Crippen LogP contribution in [-0.4, -0.2) is 67.3 Å². The number of aliphatic hydroxyl groups is 1. The molecule has 3 heterocycles. The van der Waals surface area contributed by atoms with E-state index in [2.05, 4.69) is 46.5 Å². The minimum atomic E-state index is -1.41. The molecule has 0 radical (unpaired) electrons. The lowest BCUT2D eigenvalue weighted by molar-refractivity contribution is -0.122. The lowest BCUT2D eigenvalue weighted by Crippen LogP contribution is -2.38. The molecule has 13 heteroatoms. The molecule has 5 aromatic rings. The van der Waals surface area contributed by atoms with Crippen molar-refractivity contribution in [1.29, 1.82) is 0 Å². The number of amides is 1. The Labute approximate surface area is 249 Å². The maximum absolute atomic E-state index is 11.9. The summed E-state index contributed by atoms with van der Waals surface area (Å²) >= 11 is 6.77. The number of aliphatic hydroxyl groups excluding tert-OH is 1. The molecule has 2 aromatic carbocycles. The Hall–Kier alpha value is -3.84. The summed E-state index contributed by atoms with van der Waals surface area (Å²) in [6, 6.07) is 9.31. The smallest absolute Gasteiger partial charge is 0.241 e. The van der Waals surface area contributed by atoms with E-state index < -0.39 is 8.07 Å². The number of hydrogen-bond donors (Lipinski definition) is 2. The van der Waals surface area contributed by atoms with Crippen LogP contribution >= 0.6 is 11.6 Å². The first-order valence-corrected chi connectivity index (χ1v) is 17.6. The lowest BCUT2D eigenvalue weighted by Gasteiger charge is -2.25. The number of nitrogens with zero attached hydrogens (tertiary/aromatic N) is 6. The number of halogens is 1. The molecule has 1 amide bonds. The normalized spacial score (nSPS) is 12.6. The minimum absolute atomic E-state index is 0.0203. The lowest BCUT2D eigenvalue weighted by atomic mass is 10.2. The van der Waals surface area contributed by atoms with Gasteiger partial charge >= 0.3 is 0 Å². The van der Waals surface area contributed by atoms with Crippen LogP contribution in [0.25, 0.3) is 33.3 Å². The topological polar surface area (TPSA) is 129 Å². The van der Waals surface area contributed by atoms with Gasteiger partial charge in [0.15, 0.2) is 0 Å². The molecule has 0 spiro atoms. The summed E-state index contributed by atoms with van der Waals surface area (Å²) in [5, 5.41) is 16.0. The fraction of sp³-hybridized carbons (Fsp3) is 0.345. The highest BCUT2D eigenvalue weighted by molar-refractivity contribution is 6.77. The quantitative estimate of drug-likeness (QED) is 0.202. The molecule has 0 aliphatic carbocycles. The summed E-state index contributed by atoms with van der Waals surface area (Å²) in [7, 11) is -1.41. The van der Waals surface area contributed by atoms with Gasteiger partial charge in [0.05, 0.1) is 49.3 Å². The molecule has 0 saturated carbocycles. The fourth-order valence-electron chi connectivity index (χ4n) is 4.24. The minimum Gasteiger partial charge on any atom is -0.456 e. The van der Waals surface area contributed by atoms with Crippen molar-refractivity contribution in [2.75, 3.05) is 13.2 Å². The maximum Gasteiger partial charge on any atom is 0.241 e. The predicted octanol–water partition coefficient (Wildman–Crippen LogP) is 4.95. The molecule has 0 aliphatic heterocycles. The van der Waals surface area contributed by atoms with Gasteiger partial charge in [0.2, 0.25) is 5.91 Å². The van der Waals surface area contributed by atoms with Gasteiger partial charge in [-0.2, -0.15) is 5.10 Å². The zero-order chi connectivity index (χ0) is 30.0. The second kappa shape index (κ2) is 12.2. The van der Waals surface area contributed by atoms with Crippen molar-refractivity contribution >= 4 is 47.6 Å². The first kappa shape index (κ1) is 29.6. The summed E-state index contributed by atoms with van der Waals surface area (Å²) in [6.07, 6.45) is 4.94. The van der Waals surface area contributed by atoms with Crippen molar-refractivity contribution in [2.45, 2.75) is 52.5 Å². The Bertz CT molecular complexity index is 1750. The number of nitrogens with one attached hydrogen (secondary N) is 1. The van der Waals surface area contributed by atoms with Gasteiger partial charge in [-0.1, -0.05) is 31.2 Å². The molecule has 0 aliphatic rings. The monoisotopic (exact) mass is 607 g/mol. The van der Waals surface area contributed by atoms with Crippen LogP contribution < -0.4 is 10.1 Å². The van der Waals surface area contributed by atoms with Gasteiger partial charge in [0, 0.05) is 30.1 Å². The highest BCUT2D eigenvalue weighted by Gasteiger charge is 2.23. The van der Waals surface area contributed by atoms with Crippen LogP contribution in [0.15, 0.2) is 48.9 Å². The van der Waals surface area contributed by atoms with Crippen LogP contribution in [0.1, 0.15) is 12.7 Å². The molecule has 0 fully saturated rings. The van der Waals surface area contributed by atoms with Crippen molar-refractivity contribution in [2.24, 2.45) is 0 Å². The molecule has 1 atom stereocenters. The number of aromatic nitrogens is 6. The van der Waals surface area contributed by atoms with Crippen molar-refractivity contribution < 1.29 is 19.4 Å². The summed E-state index contributed by atoms with van der Waals surface area (Å²) in [5.41, 5.74) is 4.32. The van der Waals surface area contributed by atoms with Crippen LogP contribution in [0, 0.1) is 6.92 Å². The molecule has 2 N–H and O–H groups in total. The van der Waals surface area contributed by atoms with Crippen LogP contribution in [0.5, 0.6) is 11.5 Å². The zero-order valence-electron chi connectivity index (χ0n) is 24.3.